The maximum Gasteiger partial charge on any atom is 0.320 e. The van der Waals surface area contributed by atoms with Gasteiger partial charge >= 0.3 is 17.9 Å². The van der Waals surface area contributed by atoms with E-state index < -0.39 is 36.0 Å². The molecule has 0 radical (unpaired) electrons. The molecular formula is C18H39N3O6. The molecule has 0 aromatic heterocycles. The Morgan fingerprint density at radius 2 is 1.00 bits per heavy atom. The summed E-state index contributed by atoms with van der Waals surface area (Å²) in [6.45, 7) is 11.4. The summed E-state index contributed by atoms with van der Waals surface area (Å²) < 4.78 is 0. The highest BCUT2D eigenvalue weighted by Crippen LogP contribution is 2.05. The van der Waals surface area contributed by atoms with Crippen molar-refractivity contribution < 1.29 is 29.7 Å². The molecule has 0 unspecified atom stereocenters. The van der Waals surface area contributed by atoms with Crippen molar-refractivity contribution in [3.8, 4) is 0 Å². The van der Waals surface area contributed by atoms with E-state index in [9.17, 15) is 14.4 Å². The summed E-state index contributed by atoms with van der Waals surface area (Å²) in [5.41, 5.74) is 15.8. The van der Waals surface area contributed by atoms with Gasteiger partial charge in [-0.3, -0.25) is 14.4 Å². The summed E-state index contributed by atoms with van der Waals surface area (Å²) in [6.07, 6.45) is 2.18. The van der Waals surface area contributed by atoms with Crippen LogP contribution in [-0.2, 0) is 14.4 Å². The van der Waals surface area contributed by atoms with E-state index in [1.54, 1.807) is 0 Å². The van der Waals surface area contributed by atoms with Gasteiger partial charge in [0, 0.05) is 0 Å². The summed E-state index contributed by atoms with van der Waals surface area (Å²) >= 11 is 0. The third kappa shape index (κ3) is 17.5. The van der Waals surface area contributed by atoms with Gasteiger partial charge in [0.15, 0.2) is 0 Å². The van der Waals surface area contributed by atoms with E-state index in [0.29, 0.717) is 12.3 Å². The standard InChI is InChI=1S/3C6H13NO2/c1-4(2)3-5(7)6(8)9;2*1-3-4(2)5(7)6(8)9/h3*4-5H,3,7H2,1-2H3,(H,8,9)/t5-;2*4-,5-/m000/s1. The number of rotatable bonds is 9. The highest BCUT2D eigenvalue weighted by Gasteiger charge is 2.18. The Bertz CT molecular complexity index is 405. The molecule has 0 heterocycles. The summed E-state index contributed by atoms with van der Waals surface area (Å²) in [7, 11) is 0. The maximum absolute atomic E-state index is 10.2. The van der Waals surface area contributed by atoms with Crippen molar-refractivity contribution in [3.63, 3.8) is 0 Å². The fourth-order valence-corrected chi connectivity index (χ4v) is 1.60. The van der Waals surface area contributed by atoms with Gasteiger partial charge in [0.25, 0.3) is 0 Å². The lowest BCUT2D eigenvalue weighted by molar-refractivity contribution is -0.140. The molecule has 9 nitrogen and oxygen atoms in total. The molecule has 0 saturated carbocycles. The van der Waals surface area contributed by atoms with Crippen LogP contribution >= 0.6 is 0 Å². The first-order valence-electron chi connectivity index (χ1n) is 9.17. The zero-order valence-electron chi connectivity index (χ0n) is 17.4. The maximum atomic E-state index is 10.2. The van der Waals surface area contributed by atoms with Gasteiger partial charge in [0.1, 0.15) is 18.1 Å². The lowest BCUT2D eigenvalue weighted by Gasteiger charge is -2.11. The third-order valence-electron chi connectivity index (χ3n) is 4.13. The van der Waals surface area contributed by atoms with Crippen LogP contribution in [0.2, 0.25) is 0 Å². The molecule has 0 amide bonds. The molecule has 9 N–H and O–H groups in total. The average molecular weight is 394 g/mol. The smallest absolute Gasteiger partial charge is 0.320 e. The quantitative estimate of drug-likeness (QED) is 0.335. The summed E-state index contributed by atoms with van der Waals surface area (Å²) in [5, 5.41) is 25.0. The molecule has 0 aliphatic carbocycles. The van der Waals surface area contributed by atoms with Crippen molar-refractivity contribution in [2.75, 3.05) is 0 Å². The van der Waals surface area contributed by atoms with Crippen molar-refractivity contribution >= 4 is 17.9 Å². The molecule has 9 heteroatoms. The van der Waals surface area contributed by atoms with Crippen molar-refractivity contribution in [1.29, 1.82) is 0 Å². The number of carboxylic acids is 3. The number of hydrogen-bond acceptors (Lipinski definition) is 6. The lowest BCUT2D eigenvalue weighted by Crippen LogP contribution is -2.36. The van der Waals surface area contributed by atoms with E-state index in [2.05, 4.69) is 0 Å². The van der Waals surface area contributed by atoms with E-state index in [1.165, 1.54) is 0 Å². The molecular weight excluding hydrogens is 354 g/mol. The van der Waals surface area contributed by atoms with Gasteiger partial charge in [-0.25, -0.2) is 0 Å². The molecule has 0 spiro atoms. The number of nitrogens with two attached hydrogens (primary N) is 3. The third-order valence-corrected chi connectivity index (χ3v) is 4.13. The van der Waals surface area contributed by atoms with Crippen LogP contribution in [0.25, 0.3) is 0 Å². The van der Waals surface area contributed by atoms with Crippen molar-refractivity contribution in [1.82, 2.24) is 0 Å². The molecule has 0 aliphatic rings. The van der Waals surface area contributed by atoms with Crippen molar-refractivity contribution in [2.24, 2.45) is 35.0 Å². The highest BCUT2D eigenvalue weighted by molar-refractivity contribution is 5.73. The topological polar surface area (TPSA) is 190 Å². The van der Waals surface area contributed by atoms with Gasteiger partial charge in [-0.2, -0.15) is 0 Å². The minimum absolute atomic E-state index is 0.0718. The van der Waals surface area contributed by atoms with E-state index >= 15 is 0 Å². The molecule has 0 rings (SSSR count). The minimum atomic E-state index is -0.913. The second-order valence-corrected chi connectivity index (χ2v) is 7.07. The van der Waals surface area contributed by atoms with Crippen LogP contribution in [0.4, 0.5) is 0 Å². The number of carbonyl (C=O) groups is 3. The average Bonchev–Trinajstić information content (AvgIpc) is 2.59. The largest absolute Gasteiger partial charge is 0.480 e. The Kier molecular flexibility index (Phi) is 18.3. The van der Waals surface area contributed by atoms with Crippen molar-refractivity contribution in [2.45, 2.75) is 78.9 Å². The van der Waals surface area contributed by atoms with Gasteiger partial charge in [0.2, 0.25) is 0 Å². The molecule has 27 heavy (non-hydrogen) atoms. The van der Waals surface area contributed by atoms with Crippen LogP contribution < -0.4 is 17.2 Å². The van der Waals surface area contributed by atoms with Gasteiger partial charge < -0.3 is 32.5 Å². The van der Waals surface area contributed by atoms with Crippen LogP contribution in [0.3, 0.4) is 0 Å². The van der Waals surface area contributed by atoms with E-state index in [0.717, 1.165) is 12.8 Å². The Labute approximate surface area is 162 Å². The second kappa shape index (κ2) is 16.5. The summed E-state index contributed by atoms with van der Waals surface area (Å²) in [6, 6.07) is -2.09. The van der Waals surface area contributed by atoms with E-state index in [4.69, 9.17) is 32.5 Å². The normalized spacial score (nSPS) is 15.8. The predicted octanol–water partition coefficient (Wildman–Crippen LogP) is 1.33. The van der Waals surface area contributed by atoms with Crippen molar-refractivity contribution in [3.05, 3.63) is 0 Å². The SMILES string of the molecule is CC(C)C[C@H](N)C(=O)O.CC[C@H](C)[C@H](N)C(=O)O.CC[C@H](C)[C@H](N)C(=O)O. The first kappa shape index (κ1) is 30.0. The number of hydrogen-bond donors (Lipinski definition) is 6. The van der Waals surface area contributed by atoms with Gasteiger partial charge in [-0.1, -0.05) is 54.4 Å². The monoisotopic (exact) mass is 393 g/mol. The molecule has 0 saturated heterocycles. The fourth-order valence-electron chi connectivity index (χ4n) is 1.60. The Morgan fingerprint density at radius 3 is 1.07 bits per heavy atom. The van der Waals surface area contributed by atoms with Gasteiger partial charge in [-0.05, 0) is 24.2 Å². The number of aliphatic carboxylic acids is 3. The first-order valence-corrected chi connectivity index (χ1v) is 9.17. The van der Waals surface area contributed by atoms with Gasteiger partial charge in [0.05, 0.1) is 0 Å². The predicted molar refractivity (Wildman–Crippen MR) is 105 cm³/mol. The zero-order valence-corrected chi connectivity index (χ0v) is 17.4. The molecule has 0 aliphatic heterocycles. The molecule has 0 aromatic rings. The van der Waals surface area contributed by atoms with E-state index in [-0.39, 0.29) is 11.8 Å². The molecule has 0 fully saturated rings. The van der Waals surface area contributed by atoms with Crippen LogP contribution in [0.1, 0.15) is 60.8 Å². The Balaban J connectivity index is -0.000000320. The summed E-state index contributed by atoms with van der Waals surface area (Å²) in [4.78, 5) is 30.5. The minimum Gasteiger partial charge on any atom is -0.480 e. The first-order chi connectivity index (χ1) is 12.2. The second-order valence-electron chi connectivity index (χ2n) is 7.07. The Morgan fingerprint density at radius 1 is 0.704 bits per heavy atom. The molecule has 0 bridgehead atoms. The molecule has 5 atom stereocenters. The van der Waals surface area contributed by atoms with Crippen LogP contribution in [0, 0.1) is 17.8 Å². The van der Waals surface area contributed by atoms with Crippen LogP contribution in [0.15, 0.2) is 0 Å². The molecule has 162 valence electrons. The zero-order chi connectivity index (χ0) is 22.3. The van der Waals surface area contributed by atoms with Crippen LogP contribution in [0.5, 0.6) is 0 Å². The highest BCUT2D eigenvalue weighted by atomic mass is 16.4. The van der Waals surface area contributed by atoms with Gasteiger partial charge in [-0.15, -0.1) is 0 Å². The molecule has 0 aromatic carbocycles. The summed E-state index contributed by atoms with van der Waals surface area (Å²) in [5.74, 6) is -2.24. The van der Waals surface area contributed by atoms with Crippen LogP contribution in [-0.4, -0.2) is 51.4 Å². The fraction of sp³-hybridized carbons (Fsp3) is 0.833. The Hall–Kier alpha value is -1.71. The lowest BCUT2D eigenvalue weighted by atomic mass is 10.0. The van der Waals surface area contributed by atoms with E-state index in [1.807, 2.05) is 41.5 Å². The number of carboxylic acid groups (broad SMARTS) is 3.